The lowest BCUT2D eigenvalue weighted by molar-refractivity contribution is -0.171. The highest BCUT2D eigenvalue weighted by Gasteiger charge is 2.67. The van der Waals surface area contributed by atoms with Crippen LogP contribution in [0.25, 0.3) is 0 Å². The summed E-state index contributed by atoms with van der Waals surface area (Å²) in [5, 5.41) is 27.6. The van der Waals surface area contributed by atoms with E-state index in [-0.39, 0.29) is 11.3 Å². The summed E-state index contributed by atoms with van der Waals surface area (Å²) < 4.78 is 7.01. The number of tetrazole rings is 1. The predicted octanol–water partition coefficient (Wildman–Crippen LogP) is 0.175. The van der Waals surface area contributed by atoms with Crippen molar-refractivity contribution in [2.45, 2.75) is 30.0 Å². The van der Waals surface area contributed by atoms with Crippen molar-refractivity contribution >= 4 is 58.1 Å². The number of aromatic nitrogens is 4. The van der Waals surface area contributed by atoms with Crippen molar-refractivity contribution in [3.63, 3.8) is 0 Å². The van der Waals surface area contributed by atoms with E-state index in [1.165, 1.54) is 47.1 Å². The van der Waals surface area contributed by atoms with Crippen molar-refractivity contribution in [2.75, 3.05) is 37.5 Å². The van der Waals surface area contributed by atoms with Crippen LogP contribution in [-0.4, -0.2) is 96.6 Å². The first-order valence-corrected chi connectivity index (χ1v) is 13.5. The van der Waals surface area contributed by atoms with Gasteiger partial charge >= 0.3 is 5.97 Å². The molecule has 0 saturated heterocycles. The number of rotatable bonds is 10. The van der Waals surface area contributed by atoms with Gasteiger partial charge in [-0.15, -0.1) is 16.9 Å². The number of nitrogens with zero attached hydrogens (tertiary/aromatic N) is 5. The van der Waals surface area contributed by atoms with Gasteiger partial charge in [-0.05, 0) is 29.8 Å². The van der Waals surface area contributed by atoms with Crippen LogP contribution in [0.3, 0.4) is 0 Å². The monoisotopic (exact) mass is 529 g/mol. The number of carbonyl (C=O) groups excluding carboxylic acids is 2. The number of carbonyl (C=O) groups is 3. The smallest absolute Gasteiger partial charge is 0.332 e. The van der Waals surface area contributed by atoms with E-state index in [1.54, 1.807) is 7.05 Å². The number of amides is 1. The third-order valence-corrected chi connectivity index (χ3v) is 8.81. The molecule has 15 heteroatoms. The summed E-state index contributed by atoms with van der Waals surface area (Å²) in [4.78, 5) is 42.3. The van der Waals surface area contributed by atoms with E-state index in [1.807, 2.05) is 13.8 Å². The van der Waals surface area contributed by atoms with Crippen LogP contribution in [0.2, 0.25) is 0 Å². The second kappa shape index (κ2) is 11.6. The van der Waals surface area contributed by atoms with Gasteiger partial charge in [0.2, 0.25) is 16.8 Å². The van der Waals surface area contributed by atoms with Crippen molar-refractivity contribution < 1.29 is 24.2 Å². The van der Waals surface area contributed by atoms with Gasteiger partial charge in [-0.3, -0.25) is 14.6 Å². The third kappa shape index (κ3) is 5.26. The molecule has 3 N–H and O–H groups in total. The number of aliphatic imine (C=N–C) groups is 1. The van der Waals surface area contributed by atoms with Gasteiger partial charge in [-0.25, -0.2) is 9.48 Å². The largest absolute Gasteiger partial charge is 0.478 e. The molecule has 0 aromatic carbocycles. The predicted molar refractivity (Wildman–Crippen MR) is 131 cm³/mol. The Morgan fingerprint density at radius 3 is 2.76 bits per heavy atom. The average Bonchev–Trinajstić information content (AvgIpc) is 3.23. The molecule has 0 spiro atoms. The van der Waals surface area contributed by atoms with Crippen LogP contribution in [0.4, 0.5) is 0 Å². The van der Waals surface area contributed by atoms with E-state index < -0.39 is 34.6 Å². The minimum absolute atomic E-state index is 0.0432. The molecule has 1 aromatic rings. The molecular weight excluding hydrogens is 502 g/mol. The molecule has 1 aliphatic carbocycles. The van der Waals surface area contributed by atoms with Crippen LogP contribution in [-0.2, 0) is 26.2 Å². The summed E-state index contributed by atoms with van der Waals surface area (Å²) in [6, 6.07) is 0. The molecule has 1 fully saturated rings. The second-order valence-corrected chi connectivity index (χ2v) is 10.4. The summed E-state index contributed by atoms with van der Waals surface area (Å²) in [5.41, 5.74) is -0.852. The molecule has 0 radical (unpaired) electrons. The van der Waals surface area contributed by atoms with Gasteiger partial charge in [0.15, 0.2) is 11.0 Å². The van der Waals surface area contributed by atoms with Crippen molar-refractivity contribution in [3.8, 4) is 0 Å². The number of nitrogens with one attached hydrogen (secondary N) is 2. The van der Waals surface area contributed by atoms with Crippen LogP contribution < -0.4 is 10.6 Å². The Balaban J connectivity index is 1.72. The number of carboxylic acid groups (broad SMARTS) is 1. The summed E-state index contributed by atoms with van der Waals surface area (Å²) in [5.74, 6) is -2.09. The van der Waals surface area contributed by atoms with Crippen LogP contribution in [0, 0.1) is 5.92 Å². The first kappa shape index (κ1) is 26.5. The minimum atomic E-state index is -1.56. The van der Waals surface area contributed by atoms with Crippen LogP contribution in [0.15, 0.2) is 21.3 Å². The van der Waals surface area contributed by atoms with Gasteiger partial charge in [-0.1, -0.05) is 23.5 Å². The number of carboxylic acids is 1. The second-order valence-electron chi connectivity index (χ2n) is 7.36. The molecule has 3 atom stereocenters. The third-order valence-electron chi connectivity index (χ3n) is 5.28. The number of ether oxygens (including phenoxy) is 1. The summed E-state index contributed by atoms with van der Waals surface area (Å²) in [6.45, 7) is 5.09. The molecule has 3 rings (SSSR count). The number of thioether (sulfide) groups is 3. The van der Waals surface area contributed by atoms with Crippen LogP contribution in [0.1, 0.15) is 13.8 Å². The fourth-order valence-electron chi connectivity index (χ4n) is 3.76. The van der Waals surface area contributed by atoms with Crippen molar-refractivity contribution in [2.24, 2.45) is 18.0 Å². The van der Waals surface area contributed by atoms with Gasteiger partial charge in [0.05, 0.1) is 16.9 Å². The number of hydrogen-bond donors (Lipinski definition) is 3. The molecule has 0 bridgehead atoms. The topological polar surface area (TPSA) is 161 Å². The molecule has 2 heterocycles. The van der Waals surface area contributed by atoms with E-state index in [9.17, 15) is 19.5 Å². The SMILES string of the molecule is CCN=C(NCC)SCC(=O)NC1(OC)C(=O)C2C(C(=O)O)=C(CSc3nnnn3C)CSC21. The number of aliphatic carboxylic acids is 1. The van der Waals surface area contributed by atoms with E-state index in [0.29, 0.717) is 40.5 Å². The lowest BCUT2D eigenvalue weighted by atomic mass is 9.68. The zero-order valence-electron chi connectivity index (χ0n) is 19.2. The number of amidine groups is 1. The number of hydrogen-bond acceptors (Lipinski definition) is 11. The number of methoxy groups -OCH3 is 1. The Bertz CT molecular complexity index is 1010. The van der Waals surface area contributed by atoms with Gasteiger partial charge in [-0.2, -0.15) is 0 Å². The highest BCUT2D eigenvalue weighted by molar-refractivity contribution is 8.14. The average molecular weight is 530 g/mol. The fraction of sp³-hybridized carbons (Fsp3) is 0.632. The Morgan fingerprint density at radius 2 is 2.18 bits per heavy atom. The van der Waals surface area contributed by atoms with Crippen molar-refractivity contribution in [3.05, 3.63) is 11.1 Å². The lowest BCUT2D eigenvalue weighted by Gasteiger charge is -2.53. The fourth-order valence-corrected chi connectivity index (χ4v) is 7.17. The lowest BCUT2D eigenvalue weighted by Crippen LogP contribution is -2.76. The van der Waals surface area contributed by atoms with Gasteiger partial charge in [0, 0.05) is 44.3 Å². The van der Waals surface area contributed by atoms with Crippen molar-refractivity contribution in [1.29, 1.82) is 0 Å². The number of fused-ring (bicyclic) bond motifs is 1. The van der Waals surface area contributed by atoms with E-state index >= 15 is 0 Å². The molecule has 1 aliphatic heterocycles. The van der Waals surface area contributed by atoms with E-state index in [4.69, 9.17) is 4.74 Å². The maximum Gasteiger partial charge on any atom is 0.332 e. The molecule has 2 aliphatic rings. The first-order chi connectivity index (χ1) is 16.3. The Kier molecular flexibility index (Phi) is 9.01. The molecule has 12 nitrogen and oxygen atoms in total. The number of ketones is 1. The molecule has 3 unspecified atom stereocenters. The van der Waals surface area contributed by atoms with Crippen LogP contribution >= 0.6 is 35.3 Å². The zero-order valence-corrected chi connectivity index (χ0v) is 21.7. The maximum atomic E-state index is 13.2. The number of aryl methyl sites for hydroxylation is 1. The van der Waals surface area contributed by atoms with E-state index in [0.717, 1.165) is 0 Å². The summed E-state index contributed by atoms with van der Waals surface area (Å²) in [7, 11) is 3.04. The molecule has 1 aromatic heterocycles. The molecule has 1 saturated carbocycles. The Hall–Kier alpha value is -2.10. The maximum absolute atomic E-state index is 13.2. The van der Waals surface area contributed by atoms with E-state index in [2.05, 4.69) is 31.2 Å². The zero-order chi connectivity index (χ0) is 24.9. The van der Waals surface area contributed by atoms with Crippen molar-refractivity contribution in [1.82, 2.24) is 30.8 Å². The molecular formula is C19H27N7O5S3. The summed E-state index contributed by atoms with van der Waals surface area (Å²) >= 11 is 3.94. The Morgan fingerprint density at radius 1 is 1.41 bits per heavy atom. The standard InChI is InChI=1S/C19H27N7O5S3/c1-5-20-17(21-6-2)33-9-11(27)22-19(31-4)14(28)13-12(16(29)30)10(7-32-15(13)19)8-34-18-23-24-25-26(18)3/h13,15H,5-9H2,1-4H3,(H,20,21)(H,22,27)(H,29,30). The highest BCUT2D eigenvalue weighted by Crippen LogP contribution is 2.51. The first-order valence-electron chi connectivity index (χ1n) is 10.5. The van der Waals surface area contributed by atoms with Gasteiger partial charge in [0.1, 0.15) is 0 Å². The quantitative estimate of drug-likeness (QED) is 0.163. The number of Topliss-reactive ketones (excluding diaryl/α,β-unsaturated/α-hetero) is 1. The molecule has 1 amide bonds. The van der Waals surface area contributed by atoms with Gasteiger partial charge in [0.25, 0.3) is 0 Å². The molecule has 34 heavy (non-hydrogen) atoms. The van der Waals surface area contributed by atoms with Crippen LogP contribution in [0.5, 0.6) is 0 Å². The molecule has 186 valence electrons. The minimum Gasteiger partial charge on any atom is -0.478 e. The Labute approximate surface area is 209 Å². The normalized spacial score (nSPS) is 24.5. The summed E-state index contributed by atoms with van der Waals surface area (Å²) in [6.07, 6.45) is 0. The highest BCUT2D eigenvalue weighted by atomic mass is 32.2. The van der Waals surface area contributed by atoms with Gasteiger partial charge < -0.3 is 20.5 Å².